The SMILES string of the molecule is Cc1cc(C)n(Cc2cccc(C(=O)O/N=C(\N)c3ccc([N+](=O)[O-])cc3)c2)n1. The van der Waals surface area contributed by atoms with Gasteiger partial charge in [-0.2, -0.15) is 5.10 Å². The van der Waals surface area contributed by atoms with Gasteiger partial charge in [0.15, 0.2) is 5.84 Å². The molecule has 9 heteroatoms. The Morgan fingerprint density at radius 1 is 1.17 bits per heavy atom. The number of nitrogens with zero attached hydrogens (tertiary/aromatic N) is 4. The maximum atomic E-state index is 12.3. The molecule has 9 nitrogen and oxygen atoms in total. The van der Waals surface area contributed by atoms with E-state index in [1.165, 1.54) is 24.3 Å². The molecule has 0 spiro atoms. The number of hydrogen-bond donors (Lipinski definition) is 1. The van der Waals surface area contributed by atoms with Crippen LogP contribution in [0.15, 0.2) is 59.8 Å². The summed E-state index contributed by atoms with van der Waals surface area (Å²) in [6.45, 7) is 4.41. The van der Waals surface area contributed by atoms with Crippen LogP contribution < -0.4 is 5.73 Å². The second kappa shape index (κ2) is 8.34. The molecule has 29 heavy (non-hydrogen) atoms. The molecule has 2 N–H and O–H groups in total. The lowest BCUT2D eigenvalue weighted by atomic mass is 10.1. The fourth-order valence-corrected chi connectivity index (χ4v) is 2.75. The molecular weight excluding hydrogens is 374 g/mol. The van der Waals surface area contributed by atoms with E-state index in [1.807, 2.05) is 30.7 Å². The highest BCUT2D eigenvalue weighted by Gasteiger charge is 2.11. The minimum absolute atomic E-state index is 0.0629. The minimum Gasteiger partial charge on any atom is -0.380 e. The van der Waals surface area contributed by atoms with Crippen molar-refractivity contribution in [1.29, 1.82) is 0 Å². The van der Waals surface area contributed by atoms with Crippen molar-refractivity contribution in [3.05, 3.63) is 92.8 Å². The number of non-ortho nitro benzene ring substituents is 1. The van der Waals surface area contributed by atoms with Crippen molar-refractivity contribution < 1.29 is 14.6 Å². The summed E-state index contributed by atoms with van der Waals surface area (Å²) in [6, 6.07) is 14.4. The van der Waals surface area contributed by atoms with Crippen LogP contribution in [0.4, 0.5) is 5.69 Å². The maximum absolute atomic E-state index is 12.3. The van der Waals surface area contributed by atoms with E-state index in [9.17, 15) is 14.9 Å². The zero-order chi connectivity index (χ0) is 21.0. The van der Waals surface area contributed by atoms with E-state index in [1.54, 1.807) is 18.2 Å². The number of nitro groups is 1. The summed E-state index contributed by atoms with van der Waals surface area (Å²) >= 11 is 0. The molecule has 1 aromatic heterocycles. The number of carbonyl (C=O) groups is 1. The first-order valence-corrected chi connectivity index (χ1v) is 8.73. The Morgan fingerprint density at radius 2 is 1.90 bits per heavy atom. The fourth-order valence-electron chi connectivity index (χ4n) is 2.75. The summed E-state index contributed by atoms with van der Waals surface area (Å²) in [4.78, 5) is 27.4. The predicted octanol–water partition coefficient (Wildman–Crippen LogP) is 2.93. The topological polar surface area (TPSA) is 126 Å². The highest BCUT2D eigenvalue weighted by Crippen LogP contribution is 2.13. The van der Waals surface area contributed by atoms with Crippen LogP contribution in [0.3, 0.4) is 0 Å². The Morgan fingerprint density at radius 3 is 2.52 bits per heavy atom. The van der Waals surface area contributed by atoms with Gasteiger partial charge in [-0.25, -0.2) is 4.79 Å². The molecule has 0 aliphatic carbocycles. The van der Waals surface area contributed by atoms with Gasteiger partial charge in [0.2, 0.25) is 0 Å². The molecular formula is C20H19N5O4. The van der Waals surface area contributed by atoms with Crippen molar-refractivity contribution >= 4 is 17.5 Å². The van der Waals surface area contributed by atoms with E-state index in [0.717, 1.165) is 17.0 Å². The monoisotopic (exact) mass is 393 g/mol. The summed E-state index contributed by atoms with van der Waals surface area (Å²) < 4.78 is 1.85. The van der Waals surface area contributed by atoms with Gasteiger partial charge in [-0.1, -0.05) is 17.3 Å². The van der Waals surface area contributed by atoms with Crippen LogP contribution in [0.1, 0.15) is 32.9 Å². The van der Waals surface area contributed by atoms with E-state index in [2.05, 4.69) is 10.3 Å². The van der Waals surface area contributed by atoms with Gasteiger partial charge in [0.25, 0.3) is 5.69 Å². The van der Waals surface area contributed by atoms with Crippen molar-refractivity contribution in [2.24, 2.45) is 10.9 Å². The third-order valence-electron chi connectivity index (χ3n) is 4.20. The molecule has 0 radical (unpaired) electrons. The molecule has 0 saturated heterocycles. The van der Waals surface area contributed by atoms with E-state index in [0.29, 0.717) is 17.7 Å². The normalized spacial score (nSPS) is 11.3. The van der Waals surface area contributed by atoms with Gasteiger partial charge in [0, 0.05) is 23.4 Å². The molecule has 0 aliphatic heterocycles. The number of nitrogens with two attached hydrogens (primary N) is 1. The summed E-state index contributed by atoms with van der Waals surface area (Å²) in [6.07, 6.45) is 0. The van der Waals surface area contributed by atoms with Crippen LogP contribution in [0.2, 0.25) is 0 Å². The van der Waals surface area contributed by atoms with Crippen molar-refractivity contribution in [3.8, 4) is 0 Å². The summed E-state index contributed by atoms with van der Waals surface area (Å²) in [5, 5.41) is 18.7. The Hall–Kier alpha value is -4.01. The van der Waals surface area contributed by atoms with Crippen LogP contribution in [0.25, 0.3) is 0 Å². The summed E-state index contributed by atoms with van der Waals surface area (Å²) in [5.74, 6) is -0.725. The van der Waals surface area contributed by atoms with Crippen molar-refractivity contribution in [1.82, 2.24) is 9.78 Å². The third-order valence-corrected chi connectivity index (χ3v) is 4.20. The fraction of sp³-hybridized carbons (Fsp3) is 0.150. The molecule has 148 valence electrons. The average molecular weight is 393 g/mol. The Balaban J connectivity index is 1.69. The largest absolute Gasteiger partial charge is 0.380 e. The standard InChI is InChI=1S/C20H19N5O4/c1-13-10-14(2)24(22-13)12-15-4-3-5-17(11-15)20(26)29-23-19(21)16-6-8-18(9-7-16)25(27)28/h3-11H,12H2,1-2H3,(H2,21,23). The quantitative estimate of drug-likeness (QED) is 0.226. The van der Waals surface area contributed by atoms with Gasteiger partial charge < -0.3 is 10.6 Å². The van der Waals surface area contributed by atoms with Gasteiger partial charge in [-0.3, -0.25) is 14.8 Å². The number of hydrogen-bond acceptors (Lipinski definition) is 6. The van der Waals surface area contributed by atoms with Gasteiger partial charge >= 0.3 is 5.97 Å². The van der Waals surface area contributed by atoms with Crippen LogP contribution in [-0.2, 0) is 11.4 Å². The number of amidine groups is 1. The lowest BCUT2D eigenvalue weighted by Crippen LogP contribution is -2.15. The minimum atomic E-state index is -0.662. The predicted molar refractivity (Wildman–Crippen MR) is 106 cm³/mol. The highest BCUT2D eigenvalue weighted by molar-refractivity contribution is 5.98. The van der Waals surface area contributed by atoms with Gasteiger partial charge in [-0.05, 0) is 49.7 Å². The van der Waals surface area contributed by atoms with Crippen LogP contribution in [0, 0.1) is 24.0 Å². The number of nitro benzene ring substituents is 1. The number of aryl methyl sites for hydroxylation is 2. The average Bonchev–Trinajstić information content (AvgIpc) is 3.02. The number of benzene rings is 2. The zero-order valence-electron chi connectivity index (χ0n) is 15.9. The first-order chi connectivity index (χ1) is 13.8. The smallest absolute Gasteiger partial charge is 0.365 e. The second-order valence-electron chi connectivity index (χ2n) is 6.44. The third kappa shape index (κ3) is 4.83. The number of rotatable bonds is 6. The molecule has 0 amide bonds. The number of oxime groups is 1. The van der Waals surface area contributed by atoms with Crippen LogP contribution in [-0.4, -0.2) is 26.5 Å². The first-order valence-electron chi connectivity index (χ1n) is 8.73. The molecule has 1 heterocycles. The first kappa shape index (κ1) is 19.7. The van der Waals surface area contributed by atoms with E-state index < -0.39 is 10.9 Å². The Labute approximate surface area is 166 Å². The van der Waals surface area contributed by atoms with E-state index in [-0.39, 0.29) is 11.5 Å². The highest BCUT2D eigenvalue weighted by atomic mass is 16.7. The van der Waals surface area contributed by atoms with Gasteiger partial charge in [0.1, 0.15) is 0 Å². The molecule has 2 aromatic carbocycles. The van der Waals surface area contributed by atoms with Crippen molar-refractivity contribution in [2.75, 3.05) is 0 Å². The zero-order valence-corrected chi connectivity index (χ0v) is 15.9. The molecule has 0 bridgehead atoms. The Kier molecular flexibility index (Phi) is 5.68. The van der Waals surface area contributed by atoms with Crippen molar-refractivity contribution in [3.63, 3.8) is 0 Å². The second-order valence-corrected chi connectivity index (χ2v) is 6.44. The Bertz CT molecular complexity index is 1090. The molecule has 3 aromatic rings. The maximum Gasteiger partial charge on any atom is 0.365 e. The van der Waals surface area contributed by atoms with Gasteiger partial charge in [0.05, 0.1) is 22.7 Å². The van der Waals surface area contributed by atoms with E-state index >= 15 is 0 Å². The summed E-state index contributed by atoms with van der Waals surface area (Å²) in [5.41, 5.74) is 9.28. The molecule has 0 saturated carbocycles. The van der Waals surface area contributed by atoms with Gasteiger partial charge in [-0.15, -0.1) is 0 Å². The number of carbonyl (C=O) groups excluding carboxylic acids is 1. The van der Waals surface area contributed by atoms with Crippen molar-refractivity contribution in [2.45, 2.75) is 20.4 Å². The van der Waals surface area contributed by atoms with Crippen LogP contribution >= 0.6 is 0 Å². The molecule has 0 atom stereocenters. The lowest BCUT2D eigenvalue weighted by Gasteiger charge is -2.06. The van der Waals surface area contributed by atoms with E-state index in [4.69, 9.17) is 10.6 Å². The lowest BCUT2D eigenvalue weighted by molar-refractivity contribution is -0.384. The number of aromatic nitrogens is 2. The molecule has 3 rings (SSSR count). The summed E-state index contributed by atoms with van der Waals surface area (Å²) in [7, 11) is 0. The molecule has 0 aliphatic rings. The molecule has 0 fully saturated rings. The molecule has 0 unspecified atom stereocenters. The van der Waals surface area contributed by atoms with Crippen LogP contribution in [0.5, 0.6) is 0 Å².